The molecule has 4 rings (SSSR count). The molecule has 2 heterocycles. The molecule has 0 radical (unpaired) electrons. The fourth-order valence-corrected chi connectivity index (χ4v) is 7.51. The number of carbonyl (C=O) groups is 2. The van der Waals surface area contributed by atoms with Gasteiger partial charge < -0.3 is 0 Å². The summed E-state index contributed by atoms with van der Waals surface area (Å²) in [6.07, 6.45) is 5.26. The molecule has 1 aliphatic heterocycles. The average Bonchev–Trinajstić information content (AvgIpc) is 3.26. The van der Waals surface area contributed by atoms with Crippen molar-refractivity contribution in [3.8, 4) is 0 Å². The zero-order chi connectivity index (χ0) is 21.3. The normalized spacial score (nSPS) is 21.4. The second kappa shape index (κ2) is 8.90. The van der Waals surface area contributed by atoms with E-state index in [0.717, 1.165) is 46.4 Å². The molecule has 1 saturated heterocycles. The van der Waals surface area contributed by atoms with Gasteiger partial charge in [0.05, 0.1) is 12.1 Å². The van der Waals surface area contributed by atoms with Crippen LogP contribution in [0, 0.1) is 0 Å². The molecule has 1 aliphatic carbocycles. The van der Waals surface area contributed by atoms with Crippen molar-refractivity contribution in [1.82, 2.24) is 4.31 Å². The molecule has 1 aromatic heterocycles. The van der Waals surface area contributed by atoms with Gasteiger partial charge in [-0.15, -0.1) is 11.3 Å². The third kappa shape index (κ3) is 4.12. The molecule has 30 heavy (non-hydrogen) atoms. The molecule has 9 heteroatoms. The predicted molar refractivity (Wildman–Crippen MR) is 120 cm³/mol. The highest BCUT2D eigenvalue weighted by Gasteiger charge is 2.49. The van der Waals surface area contributed by atoms with Crippen LogP contribution in [0.15, 0.2) is 50.5 Å². The van der Waals surface area contributed by atoms with Crippen molar-refractivity contribution in [2.24, 2.45) is 0 Å². The maximum absolute atomic E-state index is 13.6. The minimum Gasteiger partial charge on any atom is -0.274 e. The predicted octanol–water partition coefficient (Wildman–Crippen LogP) is 4.56. The Kier molecular flexibility index (Phi) is 6.43. The first-order chi connectivity index (χ1) is 14.4. The third-order valence-electron chi connectivity index (χ3n) is 5.73. The van der Waals surface area contributed by atoms with Gasteiger partial charge in [0.1, 0.15) is 10.3 Å². The van der Waals surface area contributed by atoms with E-state index in [0.29, 0.717) is 18.5 Å². The Balaban J connectivity index is 1.72. The quantitative estimate of drug-likeness (QED) is 0.436. The van der Waals surface area contributed by atoms with Crippen molar-refractivity contribution in [3.05, 3.63) is 46.3 Å². The summed E-state index contributed by atoms with van der Waals surface area (Å²) in [6.45, 7) is 0. The van der Waals surface area contributed by atoms with Crippen LogP contribution in [-0.4, -0.2) is 36.6 Å². The molecule has 1 aromatic carbocycles. The molecule has 0 N–H and O–H groups in total. The fourth-order valence-electron chi connectivity index (χ4n) is 4.32. The summed E-state index contributed by atoms with van der Waals surface area (Å²) in [4.78, 5) is 27.3. The Hall–Kier alpha value is -1.55. The zero-order valence-electron chi connectivity index (χ0n) is 16.4. The maximum Gasteiger partial charge on any atom is 0.253 e. The number of imide groups is 1. The first-order valence-corrected chi connectivity index (χ1v) is 13.2. The highest BCUT2D eigenvalue weighted by Crippen LogP contribution is 2.35. The summed E-state index contributed by atoms with van der Waals surface area (Å²) in [7, 11) is -3.88. The first-order valence-electron chi connectivity index (χ1n) is 10.1. The van der Waals surface area contributed by atoms with E-state index in [-0.39, 0.29) is 22.6 Å². The van der Waals surface area contributed by atoms with Crippen molar-refractivity contribution in [3.63, 3.8) is 0 Å². The van der Waals surface area contributed by atoms with Gasteiger partial charge >= 0.3 is 0 Å². The lowest BCUT2D eigenvalue weighted by molar-refractivity contribution is -0.122. The van der Waals surface area contributed by atoms with Crippen LogP contribution in [0.1, 0.15) is 44.9 Å². The Morgan fingerprint density at radius 1 is 1.00 bits per heavy atom. The molecule has 1 atom stereocenters. The van der Waals surface area contributed by atoms with Gasteiger partial charge in [0.2, 0.25) is 5.91 Å². The van der Waals surface area contributed by atoms with E-state index in [4.69, 9.17) is 0 Å². The number of nitrogens with zero attached hydrogens (tertiary/aromatic N) is 2. The third-order valence-corrected chi connectivity index (χ3v) is 9.59. The number of hydrogen-bond acceptors (Lipinski definition) is 5. The van der Waals surface area contributed by atoms with Gasteiger partial charge in [-0.3, -0.25) is 9.59 Å². The van der Waals surface area contributed by atoms with Crippen molar-refractivity contribution >= 4 is 54.8 Å². The maximum atomic E-state index is 13.6. The number of anilines is 1. The SMILES string of the molecule is O=C1CC(N(C2CCCCCC2)S(=O)(=O)c2cccs2)C(=O)N1c1ccc(Br)cc1. The van der Waals surface area contributed by atoms with Crippen LogP contribution in [0.25, 0.3) is 0 Å². The van der Waals surface area contributed by atoms with Crippen molar-refractivity contribution in [2.75, 3.05) is 4.90 Å². The van der Waals surface area contributed by atoms with E-state index in [1.807, 2.05) is 0 Å². The van der Waals surface area contributed by atoms with Crippen LogP contribution in [0.5, 0.6) is 0 Å². The van der Waals surface area contributed by atoms with Gasteiger partial charge in [-0.05, 0) is 48.6 Å². The number of thiophene rings is 1. The van der Waals surface area contributed by atoms with E-state index in [2.05, 4.69) is 15.9 Å². The van der Waals surface area contributed by atoms with E-state index >= 15 is 0 Å². The summed E-state index contributed by atoms with van der Waals surface area (Å²) >= 11 is 4.49. The number of amides is 2. The molecule has 6 nitrogen and oxygen atoms in total. The summed E-state index contributed by atoms with van der Waals surface area (Å²) < 4.78 is 29.6. The topological polar surface area (TPSA) is 74.8 Å². The van der Waals surface area contributed by atoms with E-state index in [9.17, 15) is 18.0 Å². The number of carbonyl (C=O) groups excluding carboxylic acids is 2. The van der Waals surface area contributed by atoms with Gasteiger partial charge in [0.15, 0.2) is 0 Å². The molecule has 0 spiro atoms. The monoisotopic (exact) mass is 510 g/mol. The van der Waals surface area contributed by atoms with Crippen LogP contribution in [0.3, 0.4) is 0 Å². The summed E-state index contributed by atoms with van der Waals surface area (Å²) in [6, 6.07) is 8.87. The lowest BCUT2D eigenvalue weighted by atomic mass is 10.1. The van der Waals surface area contributed by atoms with E-state index in [1.165, 1.54) is 4.31 Å². The van der Waals surface area contributed by atoms with Crippen LogP contribution in [0.2, 0.25) is 0 Å². The molecular formula is C21H23BrN2O4S2. The molecule has 2 amide bonds. The van der Waals surface area contributed by atoms with Crippen molar-refractivity contribution in [1.29, 1.82) is 0 Å². The van der Waals surface area contributed by atoms with Gasteiger partial charge in [0.25, 0.3) is 15.9 Å². The summed E-state index contributed by atoms with van der Waals surface area (Å²) in [5.74, 6) is -0.834. The summed E-state index contributed by atoms with van der Waals surface area (Å²) in [5, 5.41) is 1.72. The minimum absolute atomic E-state index is 0.129. The highest BCUT2D eigenvalue weighted by atomic mass is 79.9. The van der Waals surface area contributed by atoms with Crippen LogP contribution < -0.4 is 4.90 Å². The molecule has 2 fully saturated rings. The molecule has 0 bridgehead atoms. The Morgan fingerprint density at radius 2 is 1.67 bits per heavy atom. The zero-order valence-corrected chi connectivity index (χ0v) is 19.6. The van der Waals surface area contributed by atoms with Crippen molar-refractivity contribution < 1.29 is 18.0 Å². The van der Waals surface area contributed by atoms with E-state index < -0.39 is 22.0 Å². The lowest BCUT2D eigenvalue weighted by Crippen LogP contribution is -2.50. The van der Waals surface area contributed by atoms with Crippen LogP contribution in [-0.2, 0) is 19.6 Å². The van der Waals surface area contributed by atoms with E-state index in [1.54, 1.807) is 41.8 Å². The molecule has 1 unspecified atom stereocenters. The molecule has 2 aliphatic rings. The minimum atomic E-state index is -3.88. The fraction of sp³-hybridized carbons (Fsp3) is 0.429. The molecule has 160 valence electrons. The number of hydrogen-bond donors (Lipinski definition) is 0. The second-order valence-electron chi connectivity index (χ2n) is 7.68. The Labute approximate surface area is 189 Å². The summed E-state index contributed by atoms with van der Waals surface area (Å²) in [5.41, 5.74) is 0.463. The molecule has 2 aromatic rings. The number of rotatable bonds is 5. The molecule has 1 saturated carbocycles. The highest BCUT2D eigenvalue weighted by molar-refractivity contribution is 9.10. The Morgan fingerprint density at radius 3 is 2.27 bits per heavy atom. The average molecular weight is 511 g/mol. The Bertz CT molecular complexity index is 1010. The first kappa shape index (κ1) is 21.7. The van der Waals surface area contributed by atoms with Crippen molar-refractivity contribution in [2.45, 2.75) is 61.2 Å². The van der Waals surface area contributed by atoms with Gasteiger partial charge in [-0.2, -0.15) is 4.31 Å². The smallest absolute Gasteiger partial charge is 0.253 e. The lowest BCUT2D eigenvalue weighted by Gasteiger charge is -2.33. The number of benzene rings is 1. The standard InChI is InChI=1S/C21H23BrN2O4S2/c22-15-9-11-16(12-10-15)23-19(25)14-18(21(23)26)24(17-6-3-1-2-4-7-17)30(27,28)20-8-5-13-29-20/h5,8-13,17-18H,1-4,6-7,14H2. The van der Waals surface area contributed by atoms with Crippen LogP contribution >= 0.6 is 27.3 Å². The van der Waals surface area contributed by atoms with Gasteiger partial charge in [-0.1, -0.05) is 47.7 Å². The van der Waals surface area contributed by atoms with Crippen LogP contribution in [0.4, 0.5) is 5.69 Å². The van der Waals surface area contributed by atoms with Gasteiger partial charge in [0, 0.05) is 10.5 Å². The second-order valence-corrected chi connectivity index (χ2v) is 11.6. The largest absolute Gasteiger partial charge is 0.274 e. The molecular weight excluding hydrogens is 488 g/mol. The van der Waals surface area contributed by atoms with Gasteiger partial charge in [-0.25, -0.2) is 13.3 Å². The number of sulfonamides is 1. The number of halogens is 1.